The van der Waals surface area contributed by atoms with Gasteiger partial charge in [-0.3, -0.25) is 43.2 Å². The number of imidazole rings is 1. The summed E-state index contributed by atoms with van der Waals surface area (Å²) in [5.74, 6) is -10.2. The molecular formula is C38H58N10O14. The van der Waals surface area contributed by atoms with Crippen molar-refractivity contribution in [3.63, 3.8) is 0 Å². The Morgan fingerprint density at radius 3 is 1.69 bits per heavy atom. The molecule has 344 valence electrons. The number of nitrogens with one attached hydrogen (secondary N) is 6. The zero-order chi connectivity index (χ0) is 46.4. The standard InChI is InChI=1S/C38H58N10O14/c1-18(2)29(39)35(58)42-19(3)36(59)47-13-5-7-25(47)33(56)44-23(10-12-28(52)53)31(54)43-22(9-11-27(50)51)32(55)45-24(15-21-16-40-17-41-21)37(60)48-14-6-8-26(48)34(57)46-30(20(4)49)38(61)62/h16-20,22-26,29-30,49H,5-15,39H2,1-4H3,(H,40,41)(H,42,58)(H,43,54)(H,44,56)(H,45,55)(H,46,57)(H,50,51)(H,52,53)(H,61,62)/t19-,20+,22-,23-,24-,25-,26-,29-,30-/m0/s1. The molecule has 62 heavy (non-hydrogen) atoms. The third kappa shape index (κ3) is 14.2. The fraction of sp³-hybridized carbons (Fsp3) is 0.658. The predicted molar refractivity (Wildman–Crippen MR) is 213 cm³/mol. The van der Waals surface area contributed by atoms with Crippen molar-refractivity contribution < 1.29 is 68.4 Å². The predicted octanol–water partition coefficient (Wildman–Crippen LogP) is -3.44. The highest BCUT2D eigenvalue weighted by Crippen LogP contribution is 2.21. The molecule has 7 amide bonds. The number of hydrogen-bond acceptors (Lipinski definition) is 13. The summed E-state index contributed by atoms with van der Waals surface area (Å²) >= 11 is 0. The molecule has 2 aliphatic rings. The summed E-state index contributed by atoms with van der Waals surface area (Å²) < 4.78 is 0. The Balaban J connectivity index is 1.84. The zero-order valence-corrected chi connectivity index (χ0v) is 35.0. The second-order valence-corrected chi connectivity index (χ2v) is 15.8. The second-order valence-electron chi connectivity index (χ2n) is 15.8. The lowest BCUT2D eigenvalue weighted by Gasteiger charge is -2.31. The van der Waals surface area contributed by atoms with E-state index in [0.717, 1.165) is 11.8 Å². The first-order chi connectivity index (χ1) is 29.1. The van der Waals surface area contributed by atoms with E-state index in [1.165, 1.54) is 24.3 Å². The number of amides is 7. The number of aliphatic carboxylic acids is 3. The Kier molecular flexibility index (Phi) is 18.7. The number of nitrogens with zero attached hydrogens (tertiary/aromatic N) is 3. The van der Waals surface area contributed by atoms with E-state index < -0.39 is 139 Å². The topological polar surface area (TPSA) is 373 Å². The minimum absolute atomic E-state index is 0.0205. The lowest BCUT2D eigenvalue weighted by molar-refractivity contribution is -0.147. The fourth-order valence-electron chi connectivity index (χ4n) is 7.07. The van der Waals surface area contributed by atoms with Gasteiger partial charge in [-0.15, -0.1) is 0 Å². The molecule has 9 atom stereocenters. The van der Waals surface area contributed by atoms with Crippen LogP contribution >= 0.6 is 0 Å². The molecule has 0 saturated carbocycles. The lowest BCUT2D eigenvalue weighted by Crippen LogP contribution is -2.60. The van der Waals surface area contributed by atoms with Gasteiger partial charge in [0.2, 0.25) is 41.4 Å². The summed E-state index contributed by atoms with van der Waals surface area (Å²) in [6.45, 7) is 6.20. The summed E-state index contributed by atoms with van der Waals surface area (Å²) in [5.41, 5.74) is 6.25. The molecule has 0 spiro atoms. The van der Waals surface area contributed by atoms with Crippen molar-refractivity contribution >= 4 is 59.3 Å². The minimum Gasteiger partial charge on any atom is -0.481 e. The molecule has 2 fully saturated rings. The van der Waals surface area contributed by atoms with Gasteiger partial charge >= 0.3 is 17.9 Å². The minimum atomic E-state index is -1.68. The molecule has 2 aliphatic heterocycles. The van der Waals surface area contributed by atoms with Crippen LogP contribution in [0.15, 0.2) is 12.5 Å². The number of nitrogens with two attached hydrogens (primary N) is 1. The van der Waals surface area contributed by atoms with Gasteiger partial charge in [-0.1, -0.05) is 13.8 Å². The average molecular weight is 879 g/mol. The Morgan fingerprint density at radius 2 is 1.23 bits per heavy atom. The smallest absolute Gasteiger partial charge is 0.328 e. The van der Waals surface area contributed by atoms with E-state index >= 15 is 0 Å². The number of rotatable bonds is 23. The highest BCUT2D eigenvalue weighted by molar-refractivity contribution is 5.98. The van der Waals surface area contributed by atoms with Gasteiger partial charge in [0, 0.05) is 44.2 Å². The number of carbonyl (C=O) groups excluding carboxylic acids is 7. The van der Waals surface area contributed by atoms with Crippen molar-refractivity contribution in [3.8, 4) is 0 Å². The van der Waals surface area contributed by atoms with E-state index in [0.29, 0.717) is 18.5 Å². The zero-order valence-electron chi connectivity index (χ0n) is 35.0. The molecule has 0 radical (unpaired) electrons. The summed E-state index contributed by atoms with van der Waals surface area (Å²) in [6, 6.07) is -10.7. The highest BCUT2D eigenvalue weighted by atomic mass is 16.4. The quantitative estimate of drug-likeness (QED) is 0.0509. The number of carboxylic acid groups (broad SMARTS) is 3. The van der Waals surface area contributed by atoms with Gasteiger partial charge in [-0.25, -0.2) is 9.78 Å². The molecule has 12 N–H and O–H groups in total. The van der Waals surface area contributed by atoms with Crippen molar-refractivity contribution in [3.05, 3.63) is 18.2 Å². The van der Waals surface area contributed by atoms with Crippen LogP contribution in [0.4, 0.5) is 0 Å². The number of likely N-dealkylation sites (tertiary alicyclic amines) is 2. The van der Waals surface area contributed by atoms with Crippen LogP contribution in [0.3, 0.4) is 0 Å². The molecule has 24 heteroatoms. The first kappa shape index (κ1) is 50.2. The van der Waals surface area contributed by atoms with Gasteiger partial charge in [-0.2, -0.15) is 0 Å². The van der Waals surface area contributed by atoms with E-state index in [4.69, 9.17) is 5.73 Å². The van der Waals surface area contributed by atoms with Gasteiger partial charge in [0.1, 0.15) is 36.3 Å². The molecule has 0 aromatic carbocycles. The van der Waals surface area contributed by atoms with Gasteiger partial charge in [0.25, 0.3) is 0 Å². The number of carboxylic acids is 3. The highest BCUT2D eigenvalue weighted by Gasteiger charge is 2.42. The maximum absolute atomic E-state index is 14.1. The van der Waals surface area contributed by atoms with Crippen LogP contribution < -0.4 is 32.3 Å². The van der Waals surface area contributed by atoms with Crippen LogP contribution in [0, 0.1) is 5.92 Å². The van der Waals surface area contributed by atoms with Gasteiger partial charge in [0.05, 0.1) is 18.5 Å². The van der Waals surface area contributed by atoms with E-state index in [1.807, 2.05) is 0 Å². The van der Waals surface area contributed by atoms with Crippen LogP contribution in [0.5, 0.6) is 0 Å². The van der Waals surface area contributed by atoms with E-state index in [9.17, 15) is 68.4 Å². The first-order valence-corrected chi connectivity index (χ1v) is 20.3. The van der Waals surface area contributed by atoms with E-state index in [-0.39, 0.29) is 38.3 Å². The number of H-pyrrole nitrogens is 1. The Labute approximate surface area is 356 Å². The van der Waals surface area contributed by atoms with E-state index in [1.54, 1.807) is 13.8 Å². The summed E-state index contributed by atoms with van der Waals surface area (Å²) in [4.78, 5) is 139. The van der Waals surface area contributed by atoms with E-state index in [2.05, 4.69) is 36.6 Å². The fourth-order valence-corrected chi connectivity index (χ4v) is 7.07. The number of aliphatic hydroxyl groups excluding tert-OH is 1. The Hall–Kier alpha value is -6.17. The monoisotopic (exact) mass is 878 g/mol. The summed E-state index contributed by atoms with van der Waals surface area (Å²) in [7, 11) is 0. The molecule has 1 aromatic heterocycles. The largest absolute Gasteiger partial charge is 0.481 e. The van der Waals surface area contributed by atoms with Crippen LogP contribution in [-0.4, -0.2) is 167 Å². The molecule has 2 saturated heterocycles. The van der Waals surface area contributed by atoms with Crippen molar-refractivity contribution in [2.24, 2.45) is 11.7 Å². The van der Waals surface area contributed by atoms with Crippen LogP contribution in [0.1, 0.15) is 84.8 Å². The molecule has 1 aromatic rings. The van der Waals surface area contributed by atoms with Crippen LogP contribution in [0.2, 0.25) is 0 Å². The molecule has 0 unspecified atom stereocenters. The van der Waals surface area contributed by atoms with Crippen LogP contribution in [0.25, 0.3) is 0 Å². The van der Waals surface area contributed by atoms with Crippen molar-refractivity contribution in [1.82, 2.24) is 46.4 Å². The molecular weight excluding hydrogens is 820 g/mol. The molecule has 24 nitrogen and oxygen atoms in total. The van der Waals surface area contributed by atoms with Gasteiger partial charge < -0.3 is 67.5 Å². The molecule has 0 bridgehead atoms. The third-order valence-electron chi connectivity index (χ3n) is 10.6. The van der Waals surface area contributed by atoms with Crippen molar-refractivity contribution in [2.75, 3.05) is 13.1 Å². The Bertz CT molecular complexity index is 1810. The number of carbonyl (C=O) groups is 10. The maximum atomic E-state index is 14.1. The SMILES string of the molecule is CC(C)[C@H](N)C(=O)N[C@@H](C)C(=O)N1CCC[C@H]1C(=O)N[C@@H](CCC(=O)O)C(=O)N[C@@H](CCC(=O)O)C(=O)N[C@@H](Cc1cnc[nH]1)C(=O)N1CCC[C@H]1C(=O)N[C@H](C(=O)O)[C@@H](C)O. The van der Waals surface area contributed by atoms with Gasteiger partial charge in [0.15, 0.2) is 6.04 Å². The maximum Gasteiger partial charge on any atom is 0.328 e. The lowest BCUT2D eigenvalue weighted by atomic mass is 10.0. The summed E-state index contributed by atoms with van der Waals surface area (Å²) in [6.07, 6.45) is -0.394. The number of aromatic amines is 1. The molecule has 3 heterocycles. The second kappa shape index (κ2) is 23.2. The summed E-state index contributed by atoms with van der Waals surface area (Å²) in [5, 5.41) is 50.4. The Morgan fingerprint density at radius 1 is 0.726 bits per heavy atom. The average Bonchev–Trinajstić information content (AvgIpc) is 4.01. The molecule has 0 aliphatic carbocycles. The first-order valence-electron chi connectivity index (χ1n) is 20.3. The van der Waals surface area contributed by atoms with Crippen LogP contribution in [-0.2, 0) is 54.4 Å². The number of aromatic nitrogens is 2. The van der Waals surface area contributed by atoms with Gasteiger partial charge in [-0.05, 0) is 58.3 Å². The normalized spacial score (nSPS) is 19.5. The third-order valence-corrected chi connectivity index (χ3v) is 10.6. The number of aliphatic hydroxyl groups is 1. The van der Waals surface area contributed by atoms with Crippen molar-refractivity contribution in [2.45, 2.75) is 140 Å². The number of hydrogen-bond donors (Lipinski definition) is 11. The van der Waals surface area contributed by atoms with Crippen molar-refractivity contribution in [1.29, 1.82) is 0 Å². The molecule has 3 rings (SSSR count).